The first-order valence-corrected chi connectivity index (χ1v) is 4.43. The lowest BCUT2D eigenvalue weighted by molar-refractivity contribution is -0.105. The monoisotopic (exact) mass is 193 g/mol. The molecule has 1 amide bonds. The minimum atomic E-state index is 0.248. The van der Waals surface area contributed by atoms with Crippen molar-refractivity contribution >= 4 is 12.1 Å². The van der Waals surface area contributed by atoms with Crippen LogP contribution in [0.3, 0.4) is 0 Å². The van der Waals surface area contributed by atoms with Gasteiger partial charge < -0.3 is 14.8 Å². The van der Waals surface area contributed by atoms with Crippen molar-refractivity contribution < 1.29 is 14.3 Å². The highest BCUT2D eigenvalue weighted by atomic mass is 16.6. The van der Waals surface area contributed by atoms with Gasteiger partial charge >= 0.3 is 0 Å². The van der Waals surface area contributed by atoms with E-state index in [1.807, 2.05) is 12.1 Å². The summed E-state index contributed by atoms with van der Waals surface area (Å²) in [6.07, 6.45) is 0.890. The van der Waals surface area contributed by atoms with Crippen LogP contribution >= 0.6 is 0 Å². The van der Waals surface area contributed by atoms with E-state index in [0.29, 0.717) is 13.0 Å². The molecule has 1 aromatic rings. The lowest BCUT2D eigenvalue weighted by atomic mass is 10.3. The fourth-order valence-corrected chi connectivity index (χ4v) is 1.10. The number of nitrogens with one attached hydrogen (secondary N) is 1. The molecule has 1 fully saturated rings. The van der Waals surface area contributed by atoms with E-state index in [9.17, 15) is 4.79 Å². The number of hydrogen-bond donors (Lipinski definition) is 1. The van der Waals surface area contributed by atoms with Gasteiger partial charge in [0.2, 0.25) is 6.41 Å². The maximum atomic E-state index is 10.2. The number of ether oxygens (including phenoxy) is 2. The van der Waals surface area contributed by atoms with Gasteiger partial charge in [0, 0.05) is 11.8 Å². The van der Waals surface area contributed by atoms with E-state index in [0.717, 1.165) is 18.0 Å². The summed E-state index contributed by atoms with van der Waals surface area (Å²) < 4.78 is 10.4. The third-order valence-electron chi connectivity index (χ3n) is 1.90. The summed E-state index contributed by atoms with van der Waals surface area (Å²) in [6.45, 7) is 1.36. The average Bonchev–Trinajstić information content (AvgIpc) is 2.99. The van der Waals surface area contributed by atoms with Gasteiger partial charge in [-0.3, -0.25) is 4.79 Å². The maximum Gasteiger partial charge on any atom is 0.211 e. The van der Waals surface area contributed by atoms with E-state index < -0.39 is 0 Å². The second-order valence-electron chi connectivity index (χ2n) is 3.06. The number of benzene rings is 1. The van der Waals surface area contributed by atoms with Gasteiger partial charge in [-0.05, 0) is 12.1 Å². The molecule has 1 aliphatic rings. The Morgan fingerprint density at radius 2 is 2.50 bits per heavy atom. The van der Waals surface area contributed by atoms with Crippen LogP contribution in [0.1, 0.15) is 0 Å². The highest BCUT2D eigenvalue weighted by Gasteiger charge is 2.22. The van der Waals surface area contributed by atoms with Crippen molar-refractivity contribution in [2.45, 2.75) is 6.10 Å². The van der Waals surface area contributed by atoms with Crippen molar-refractivity contribution in [1.29, 1.82) is 0 Å². The number of carbonyl (C=O) groups excluding carboxylic acids is 1. The maximum absolute atomic E-state index is 10.2. The molecule has 1 N–H and O–H groups in total. The first-order chi connectivity index (χ1) is 6.88. The molecule has 14 heavy (non-hydrogen) atoms. The standard InChI is InChI=1S/C10H11NO3/c12-7-11-8-2-1-3-9(4-8)13-5-10-6-14-10/h1-4,7,10H,5-6H2,(H,11,12). The van der Waals surface area contributed by atoms with Gasteiger partial charge in [0.1, 0.15) is 18.5 Å². The summed E-state index contributed by atoms with van der Waals surface area (Å²) in [4.78, 5) is 10.2. The fourth-order valence-electron chi connectivity index (χ4n) is 1.10. The number of hydrogen-bond acceptors (Lipinski definition) is 3. The van der Waals surface area contributed by atoms with Crippen molar-refractivity contribution in [3.63, 3.8) is 0 Å². The van der Waals surface area contributed by atoms with E-state index in [1.165, 1.54) is 0 Å². The highest BCUT2D eigenvalue weighted by molar-refractivity contribution is 5.71. The zero-order chi connectivity index (χ0) is 9.80. The summed E-state index contributed by atoms with van der Waals surface area (Å²) in [7, 11) is 0. The molecule has 0 spiro atoms. The Balaban J connectivity index is 1.93. The first kappa shape index (κ1) is 9.02. The number of rotatable bonds is 5. The Kier molecular flexibility index (Phi) is 2.65. The van der Waals surface area contributed by atoms with Crippen LogP contribution in [-0.2, 0) is 9.53 Å². The van der Waals surface area contributed by atoms with Crippen LogP contribution in [0.5, 0.6) is 5.75 Å². The van der Waals surface area contributed by atoms with E-state index in [4.69, 9.17) is 9.47 Å². The largest absolute Gasteiger partial charge is 0.491 e. The Morgan fingerprint density at radius 3 is 3.21 bits per heavy atom. The molecule has 0 aliphatic carbocycles. The molecule has 74 valence electrons. The topological polar surface area (TPSA) is 50.9 Å². The van der Waals surface area contributed by atoms with E-state index >= 15 is 0 Å². The second-order valence-corrected chi connectivity index (χ2v) is 3.06. The second kappa shape index (κ2) is 4.11. The van der Waals surface area contributed by atoms with Crippen molar-refractivity contribution in [3.05, 3.63) is 24.3 Å². The Bertz CT molecular complexity index is 323. The van der Waals surface area contributed by atoms with Crippen LogP contribution in [0.2, 0.25) is 0 Å². The van der Waals surface area contributed by atoms with Crippen LogP contribution in [0, 0.1) is 0 Å². The molecule has 1 unspecified atom stereocenters. The van der Waals surface area contributed by atoms with Gasteiger partial charge in [-0.15, -0.1) is 0 Å². The first-order valence-electron chi connectivity index (χ1n) is 4.43. The Morgan fingerprint density at radius 1 is 1.64 bits per heavy atom. The van der Waals surface area contributed by atoms with Gasteiger partial charge in [0.15, 0.2) is 0 Å². The highest BCUT2D eigenvalue weighted by Crippen LogP contribution is 2.18. The van der Waals surface area contributed by atoms with Crippen molar-refractivity contribution in [3.8, 4) is 5.75 Å². The number of amides is 1. The predicted molar refractivity (Wildman–Crippen MR) is 51.4 cm³/mol. The molecular formula is C10H11NO3. The summed E-state index contributed by atoms with van der Waals surface area (Å²) >= 11 is 0. The summed E-state index contributed by atoms with van der Waals surface area (Å²) in [6, 6.07) is 7.25. The SMILES string of the molecule is O=CNc1cccc(OCC2CO2)c1. The smallest absolute Gasteiger partial charge is 0.211 e. The molecule has 2 rings (SSSR count). The fraction of sp³-hybridized carbons (Fsp3) is 0.300. The van der Waals surface area contributed by atoms with Crippen molar-refractivity contribution in [2.75, 3.05) is 18.5 Å². The van der Waals surface area contributed by atoms with Crippen LogP contribution in [0.15, 0.2) is 24.3 Å². The van der Waals surface area contributed by atoms with Gasteiger partial charge in [0.05, 0.1) is 6.61 Å². The average molecular weight is 193 g/mol. The molecule has 0 radical (unpaired) electrons. The molecule has 1 saturated heterocycles. The summed E-state index contributed by atoms with van der Waals surface area (Å²) in [5.41, 5.74) is 0.731. The minimum Gasteiger partial charge on any atom is -0.491 e. The summed E-state index contributed by atoms with van der Waals surface area (Å²) in [5.74, 6) is 0.743. The molecule has 1 heterocycles. The molecule has 4 nitrogen and oxygen atoms in total. The molecule has 1 atom stereocenters. The number of anilines is 1. The van der Waals surface area contributed by atoms with Gasteiger partial charge in [-0.25, -0.2) is 0 Å². The number of carbonyl (C=O) groups is 1. The molecule has 1 aromatic carbocycles. The summed E-state index contributed by atoms with van der Waals surface area (Å²) in [5, 5.41) is 2.56. The van der Waals surface area contributed by atoms with Gasteiger partial charge in [0.25, 0.3) is 0 Å². The normalized spacial score (nSPS) is 18.7. The van der Waals surface area contributed by atoms with E-state index in [2.05, 4.69) is 5.32 Å². The molecule has 4 heteroatoms. The molecule has 0 aromatic heterocycles. The van der Waals surface area contributed by atoms with Crippen molar-refractivity contribution in [1.82, 2.24) is 0 Å². The Labute approximate surface area is 81.8 Å². The van der Waals surface area contributed by atoms with E-state index in [1.54, 1.807) is 12.1 Å². The third kappa shape index (κ3) is 2.47. The van der Waals surface area contributed by atoms with Crippen LogP contribution in [0.4, 0.5) is 5.69 Å². The van der Waals surface area contributed by atoms with Crippen LogP contribution in [-0.4, -0.2) is 25.7 Å². The Hall–Kier alpha value is -1.55. The predicted octanol–water partition coefficient (Wildman–Crippen LogP) is 1.03. The molecule has 1 aliphatic heterocycles. The van der Waals surface area contributed by atoms with Crippen LogP contribution in [0.25, 0.3) is 0 Å². The minimum absolute atomic E-state index is 0.248. The van der Waals surface area contributed by atoms with Crippen molar-refractivity contribution in [2.24, 2.45) is 0 Å². The molecule has 0 saturated carbocycles. The number of epoxide rings is 1. The van der Waals surface area contributed by atoms with Gasteiger partial charge in [-0.1, -0.05) is 6.07 Å². The zero-order valence-corrected chi connectivity index (χ0v) is 7.60. The van der Waals surface area contributed by atoms with Crippen LogP contribution < -0.4 is 10.1 Å². The molecule has 0 bridgehead atoms. The third-order valence-corrected chi connectivity index (χ3v) is 1.90. The quantitative estimate of drug-likeness (QED) is 0.561. The lowest BCUT2D eigenvalue weighted by Gasteiger charge is -2.05. The lowest BCUT2D eigenvalue weighted by Crippen LogP contribution is -2.04. The van der Waals surface area contributed by atoms with E-state index in [-0.39, 0.29) is 6.10 Å². The molecular weight excluding hydrogens is 182 g/mol. The zero-order valence-electron chi connectivity index (χ0n) is 7.60. The van der Waals surface area contributed by atoms with Gasteiger partial charge in [-0.2, -0.15) is 0 Å².